The minimum absolute atomic E-state index is 0.0516. The van der Waals surface area contributed by atoms with Crippen LogP contribution in [0.25, 0.3) is 0 Å². The van der Waals surface area contributed by atoms with Crippen LogP contribution >= 0.6 is 0 Å². The van der Waals surface area contributed by atoms with Crippen LogP contribution in [0.1, 0.15) is 43.7 Å². The molecule has 0 heterocycles. The van der Waals surface area contributed by atoms with Crippen molar-refractivity contribution in [3.63, 3.8) is 0 Å². The van der Waals surface area contributed by atoms with Crippen LogP contribution < -0.4 is 11.1 Å². The molecule has 0 aliphatic heterocycles. The van der Waals surface area contributed by atoms with Crippen LogP contribution in [-0.2, 0) is 4.79 Å². The maximum atomic E-state index is 12.2. The molecule has 24 heavy (non-hydrogen) atoms. The van der Waals surface area contributed by atoms with Gasteiger partial charge in [-0.25, -0.2) is 0 Å². The first kappa shape index (κ1) is 18.2. The molecule has 2 rings (SSSR count). The lowest BCUT2D eigenvalue weighted by molar-refractivity contribution is -0.123. The van der Waals surface area contributed by atoms with E-state index in [1.807, 2.05) is 19.1 Å². The fourth-order valence-electron chi connectivity index (χ4n) is 2.87. The van der Waals surface area contributed by atoms with Crippen molar-refractivity contribution in [2.75, 3.05) is 6.54 Å². The Balaban J connectivity index is 2.01. The lowest BCUT2D eigenvalue weighted by atomic mass is 9.88. The molecule has 128 valence electrons. The van der Waals surface area contributed by atoms with Gasteiger partial charge in [0.25, 0.3) is 0 Å². The van der Waals surface area contributed by atoms with E-state index in [0.717, 1.165) is 12.8 Å². The molecule has 0 unspecified atom stereocenters. The van der Waals surface area contributed by atoms with Gasteiger partial charge in [-0.15, -0.1) is 0 Å². The van der Waals surface area contributed by atoms with E-state index in [1.165, 1.54) is 11.1 Å². The third-order valence-electron chi connectivity index (χ3n) is 4.70. The number of hydrogen-bond acceptors (Lipinski definition) is 2. The molecule has 0 fully saturated rings. The second-order valence-electron chi connectivity index (χ2n) is 6.36. The van der Waals surface area contributed by atoms with E-state index in [0.29, 0.717) is 6.54 Å². The summed E-state index contributed by atoms with van der Waals surface area (Å²) in [5, 5.41) is 3.00. The summed E-state index contributed by atoms with van der Waals surface area (Å²) >= 11 is 0. The van der Waals surface area contributed by atoms with Gasteiger partial charge in [-0.1, -0.05) is 80.9 Å². The zero-order valence-electron chi connectivity index (χ0n) is 14.6. The van der Waals surface area contributed by atoms with Gasteiger partial charge in [-0.3, -0.25) is 4.79 Å². The molecule has 3 nitrogen and oxygen atoms in total. The molecule has 0 saturated carbocycles. The van der Waals surface area contributed by atoms with E-state index >= 15 is 0 Å². The molecule has 0 saturated heterocycles. The summed E-state index contributed by atoms with van der Waals surface area (Å²) in [7, 11) is 0. The standard InChI is InChI=1S/C21H28N2O/c1-3-16(2)20(22)21(24)23-15-14-19(17-10-6-4-7-11-17)18-12-8-5-9-13-18/h4-13,16,19-20H,3,14-15,22H2,1-2H3,(H,23,24)/t16-,20+/m1/s1. The highest BCUT2D eigenvalue weighted by atomic mass is 16.2. The summed E-state index contributed by atoms with van der Waals surface area (Å²) in [5.41, 5.74) is 8.53. The molecule has 3 N–H and O–H groups in total. The van der Waals surface area contributed by atoms with E-state index in [4.69, 9.17) is 5.73 Å². The average molecular weight is 324 g/mol. The second kappa shape index (κ2) is 9.24. The van der Waals surface area contributed by atoms with Crippen LogP contribution in [0.5, 0.6) is 0 Å². The van der Waals surface area contributed by atoms with Crippen molar-refractivity contribution in [2.24, 2.45) is 11.7 Å². The van der Waals surface area contributed by atoms with Gasteiger partial charge in [0.2, 0.25) is 5.91 Å². The number of nitrogens with one attached hydrogen (secondary N) is 1. The predicted octanol–water partition coefficient (Wildman–Crippen LogP) is 3.70. The summed E-state index contributed by atoms with van der Waals surface area (Å²) in [4.78, 5) is 12.2. The van der Waals surface area contributed by atoms with Crippen LogP contribution in [0.4, 0.5) is 0 Å². The maximum Gasteiger partial charge on any atom is 0.237 e. The van der Waals surface area contributed by atoms with Gasteiger partial charge >= 0.3 is 0 Å². The molecule has 0 aromatic heterocycles. The van der Waals surface area contributed by atoms with Gasteiger partial charge in [-0.05, 0) is 23.5 Å². The predicted molar refractivity (Wildman–Crippen MR) is 99.8 cm³/mol. The van der Waals surface area contributed by atoms with Crippen LogP contribution in [0.3, 0.4) is 0 Å². The number of benzene rings is 2. The minimum atomic E-state index is -0.429. The normalized spacial score (nSPS) is 13.5. The van der Waals surface area contributed by atoms with Gasteiger partial charge in [0.1, 0.15) is 0 Å². The minimum Gasteiger partial charge on any atom is -0.355 e. The summed E-state index contributed by atoms with van der Waals surface area (Å²) in [6.07, 6.45) is 1.76. The molecule has 2 aromatic rings. The molecular weight excluding hydrogens is 296 g/mol. The Morgan fingerprint density at radius 3 is 1.96 bits per heavy atom. The first-order valence-corrected chi connectivity index (χ1v) is 8.76. The molecule has 0 aliphatic rings. The van der Waals surface area contributed by atoms with Crippen molar-refractivity contribution >= 4 is 5.91 Å². The number of carbonyl (C=O) groups is 1. The van der Waals surface area contributed by atoms with Crippen LogP contribution in [0.2, 0.25) is 0 Å². The third kappa shape index (κ3) is 4.93. The molecule has 2 atom stereocenters. The second-order valence-corrected chi connectivity index (χ2v) is 6.36. The van der Waals surface area contributed by atoms with E-state index in [2.05, 4.69) is 60.8 Å². The molecule has 0 aliphatic carbocycles. The Morgan fingerprint density at radius 2 is 1.50 bits per heavy atom. The lowest BCUT2D eigenvalue weighted by Crippen LogP contribution is -2.45. The van der Waals surface area contributed by atoms with Crippen LogP contribution in [0.15, 0.2) is 60.7 Å². The zero-order valence-corrected chi connectivity index (χ0v) is 14.6. The molecule has 1 amide bonds. The molecule has 2 aromatic carbocycles. The van der Waals surface area contributed by atoms with Gasteiger partial charge in [-0.2, -0.15) is 0 Å². The zero-order chi connectivity index (χ0) is 17.4. The Bertz CT molecular complexity index is 573. The first-order valence-electron chi connectivity index (χ1n) is 8.76. The summed E-state index contributed by atoms with van der Waals surface area (Å²) < 4.78 is 0. The van der Waals surface area contributed by atoms with Crippen molar-refractivity contribution in [3.8, 4) is 0 Å². The largest absolute Gasteiger partial charge is 0.355 e. The number of carbonyl (C=O) groups excluding carboxylic acids is 1. The van der Waals surface area contributed by atoms with Crippen molar-refractivity contribution in [1.82, 2.24) is 5.32 Å². The number of hydrogen-bond donors (Lipinski definition) is 2. The van der Waals surface area contributed by atoms with Crippen LogP contribution in [0, 0.1) is 5.92 Å². The quantitative estimate of drug-likeness (QED) is 0.778. The van der Waals surface area contributed by atoms with Gasteiger partial charge in [0.05, 0.1) is 6.04 Å². The number of rotatable bonds is 8. The van der Waals surface area contributed by atoms with Crippen molar-refractivity contribution in [2.45, 2.75) is 38.6 Å². The average Bonchev–Trinajstić information content (AvgIpc) is 2.65. The van der Waals surface area contributed by atoms with Crippen molar-refractivity contribution < 1.29 is 4.79 Å². The molecule has 0 spiro atoms. The fourth-order valence-corrected chi connectivity index (χ4v) is 2.87. The summed E-state index contributed by atoms with van der Waals surface area (Å²) in [6.45, 7) is 4.69. The topological polar surface area (TPSA) is 55.1 Å². The molecular formula is C21H28N2O. The third-order valence-corrected chi connectivity index (χ3v) is 4.70. The van der Waals surface area contributed by atoms with E-state index in [-0.39, 0.29) is 17.7 Å². The van der Waals surface area contributed by atoms with Gasteiger partial charge in [0.15, 0.2) is 0 Å². The Hall–Kier alpha value is -2.13. The highest BCUT2D eigenvalue weighted by Gasteiger charge is 2.20. The summed E-state index contributed by atoms with van der Waals surface area (Å²) in [6, 6.07) is 20.4. The molecule has 3 heteroatoms. The van der Waals surface area contributed by atoms with Gasteiger partial charge in [0, 0.05) is 12.5 Å². The number of amides is 1. The molecule has 0 bridgehead atoms. The van der Waals surface area contributed by atoms with E-state index in [1.54, 1.807) is 0 Å². The Kier molecular flexibility index (Phi) is 7.01. The SMILES string of the molecule is CC[C@@H](C)[C@H](N)C(=O)NCCC(c1ccccc1)c1ccccc1. The smallest absolute Gasteiger partial charge is 0.237 e. The number of nitrogens with two attached hydrogens (primary N) is 1. The first-order chi connectivity index (χ1) is 11.6. The van der Waals surface area contributed by atoms with E-state index < -0.39 is 6.04 Å². The molecule has 0 radical (unpaired) electrons. The monoisotopic (exact) mass is 324 g/mol. The van der Waals surface area contributed by atoms with Crippen molar-refractivity contribution in [3.05, 3.63) is 71.8 Å². The maximum absolute atomic E-state index is 12.2. The van der Waals surface area contributed by atoms with Gasteiger partial charge < -0.3 is 11.1 Å². The highest BCUT2D eigenvalue weighted by molar-refractivity contribution is 5.81. The van der Waals surface area contributed by atoms with E-state index in [9.17, 15) is 4.79 Å². The van der Waals surface area contributed by atoms with Crippen molar-refractivity contribution in [1.29, 1.82) is 0 Å². The lowest BCUT2D eigenvalue weighted by Gasteiger charge is -2.21. The Labute approximate surface area is 145 Å². The Morgan fingerprint density at radius 1 is 1.00 bits per heavy atom. The highest BCUT2D eigenvalue weighted by Crippen LogP contribution is 2.27. The van der Waals surface area contributed by atoms with Crippen LogP contribution in [-0.4, -0.2) is 18.5 Å². The summed E-state index contributed by atoms with van der Waals surface area (Å²) in [5.74, 6) is 0.417. The fraction of sp³-hybridized carbons (Fsp3) is 0.381.